The third-order valence-electron chi connectivity index (χ3n) is 5.51. The summed E-state index contributed by atoms with van der Waals surface area (Å²) in [5.74, 6) is 1.21. The van der Waals surface area contributed by atoms with Crippen LogP contribution < -0.4 is 10.5 Å². The maximum Gasteiger partial charge on any atom is 0.328 e. The van der Waals surface area contributed by atoms with E-state index in [2.05, 4.69) is 16.2 Å². The zero-order valence-electron chi connectivity index (χ0n) is 19.5. The molecule has 0 radical (unpaired) electrons. The number of rotatable bonds is 7. The maximum absolute atomic E-state index is 12.3. The third-order valence-corrected chi connectivity index (χ3v) is 5.51. The lowest BCUT2D eigenvalue weighted by Crippen LogP contribution is -2.36. The van der Waals surface area contributed by atoms with Crippen LogP contribution in [0.4, 0.5) is 0 Å². The molecule has 1 aliphatic carbocycles. The molecule has 8 heteroatoms. The van der Waals surface area contributed by atoms with Crippen molar-refractivity contribution in [2.75, 3.05) is 0 Å². The summed E-state index contributed by atoms with van der Waals surface area (Å²) in [6.07, 6.45) is 2.37. The molecule has 0 fully saturated rings. The van der Waals surface area contributed by atoms with E-state index >= 15 is 0 Å². The largest absolute Gasteiger partial charge is 0.490 e. The first-order valence-corrected chi connectivity index (χ1v) is 11.1. The summed E-state index contributed by atoms with van der Waals surface area (Å²) >= 11 is 0. The number of allylic oxidation sites excluding steroid dienone is 1. The van der Waals surface area contributed by atoms with Gasteiger partial charge in [0.05, 0.1) is 11.7 Å². The predicted molar refractivity (Wildman–Crippen MR) is 126 cm³/mol. The smallest absolute Gasteiger partial charge is 0.328 e. The van der Waals surface area contributed by atoms with Gasteiger partial charge in [0.1, 0.15) is 23.6 Å². The van der Waals surface area contributed by atoms with Gasteiger partial charge in [0.15, 0.2) is 0 Å². The number of nitrogens with zero attached hydrogens (tertiary/aromatic N) is 3. The molecule has 34 heavy (non-hydrogen) atoms. The van der Waals surface area contributed by atoms with Gasteiger partial charge < -0.3 is 19.7 Å². The Kier molecular flexibility index (Phi) is 6.48. The molecular formula is C26H26N4O4. The van der Waals surface area contributed by atoms with Crippen molar-refractivity contribution in [1.29, 1.82) is 5.26 Å². The average molecular weight is 459 g/mol. The van der Waals surface area contributed by atoms with Crippen LogP contribution in [0.15, 0.2) is 47.0 Å². The van der Waals surface area contributed by atoms with Crippen molar-refractivity contribution in [1.82, 2.24) is 10.1 Å². The van der Waals surface area contributed by atoms with Crippen molar-refractivity contribution in [3.63, 3.8) is 0 Å². The first-order chi connectivity index (χ1) is 16.3. The Bertz CT molecular complexity index is 1300. The van der Waals surface area contributed by atoms with Crippen molar-refractivity contribution < 1.29 is 18.8 Å². The summed E-state index contributed by atoms with van der Waals surface area (Å²) in [4.78, 5) is 16.9. The summed E-state index contributed by atoms with van der Waals surface area (Å²) in [5.41, 5.74) is 9.46. The van der Waals surface area contributed by atoms with Crippen LogP contribution in [0.25, 0.3) is 28.6 Å². The van der Waals surface area contributed by atoms with E-state index in [0.29, 0.717) is 40.8 Å². The standard InChI is InChI=1S/C26H26N4O4/c1-14(2)23(28)26(31)33-22-11-9-18-19(22)6-5-7-20(18)24-29-25(34-30-24)16-8-10-21(32-15(3)4)17(12-16)13-27/h5-8,10-12,14-15,23H,9,28H2,1-4H3. The molecule has 2 N–H and O–H groups in total. The van der Waals surface area contributed by atoms with Gasteiger partial charge in [0.25, 0.3) is 5.89 Å². The van der Waals surface area contributed by atoms with Gasteiger partial charge in [-0.2, -0.15) is 10.2 Å². The lowest BCUT2D eigenvalue weighted by Gasteiger charge is -2.15. The molecule has 4 rings (SSSR count). The van der Waals surface area contributed by atoms with Crippen LogP contribution >= 0.6 is 0 Å². The molecule has 0 bridgehead atoms. The van der Waals surface area contributed by atoms with Gasteiger partial charge in [-0.3, -0.25) is 0 Å². The van der Waals surface area contributed by atoms with Crippen molar-refractivity contribution in [2.24, 2.45) is 11.7 Å². The SMILES string of the molecule is CC(C)Oc1ccc(-c2nc(-c3cccc4c3CC=C4OC(=O)C(N)C(C)C)no2)cc1C#N. The zero-order valence-corrected chi connectivity index (χ0v) is 19.5. The number of carbonyl (C=O) groups excluding carboxylic acids is 1. The van der Waals surface area contributed by atoms with E-state index in [1.807, 2.05) is 52.0 Å². The minimum atomic E-state index is -0.691. The second-order valence-corrected chi connectivity index (χ2v) is 8.71. The van der Waals surface area contributed by atoms with Crippen LogP contribution in [0.3, 0.4) is 0 Å². The Hall–Kier alpha value is -3.96. The number of aromatic nitrogens is 2. The molecule has 1 aromatic heterocycles. The highest BCUT2D eigenvalue weighted by molar-refractivity contribution is 5.86. The number of ether oxygens (including phenoxy) is 2. The summed E-state index contributed by atoms with van der Waals surface area (Å²) in [6, 6.07) is 12.3. The monoisotopic (exact) mass is 458 g/mol. The number of benzene rings is 2. The number of nitrogens with two attached hydrogens (primary N) is 1. The Balaban J connectivity index is 1.60. The molecule has 0 aliphatic heterocycles. The lowest BCUT2D eigenvalue weighted by atomic mass is 10.0. The van der Waals surface area contributed by atoms with E-state index in [0.717, 1.165) is 16.7 Å². The van der Waals surface area contributed by atoms with Gasteiger partial charge in [0.2, 0.25) is 5.82 Å². The highest BCUT2D eigenvalue weighted by Gasteiger charge is 2.26. The number of hydrogen-bond donors (Lipinski definition) is 1. The number of carbonyl (C=O) groups is 1. The van der Waals surface area contributed by atoms with E-state index in [-0.39, 0.29) is 12.0 Å². The molecule has 0 spiro atoms. The van der Waals surface area contributed by atoms with Gasteiger partial charge in [-0.15, -0.1) is 0 Å². The molecule has 8 nitrogen and oxygen atoms in total. The van der Waals surface area contributed by atoms with Crippen LogP contribution in [0.2, 0.25) is 0 Å². The van der Waals surface area contributed by atoms with Crippen LogP contribution in [0.5, 0.6) is 5.75 Å². The second kappa shape index (κ2) is 9.49. The zero-order chi connectivity index (χ0) is 24.4. The molecule has 2 aromatic carbocycles. The second-order valence-electron chi connectivity index (χ2n) is 8.71. The third kappa shape index (κ3) is 4.56. The fourth-order valence-corrected chi connectivity index (χ4v) is 3.65. The molecule has 1 heterocycles. The van der Waals surface area contributed by atoms with E-state index in [1.54, 1.807) is 18.2 Å². The van der Waals surface area contributed by atoms with Crippen molar-refractivity contribution in [2.45, 2.75) is 46.3 Å². The number of hydrogen-bond acceptors (Lipinski definition) is 8. The Morgan fingerprint density at radius 2 is 1.94 bits per heavy atom. The molecule has 1 unspecified atom stereocenters. The van der Waals surface area contributed by atoms with Gasteiger partial charge in [0, 0.05) is 16.7 Å². The molecular weight excluding hydrogens is 432 g/mol. The van der Waals surface area contributed by atoms with Crippen LogP contribution in [0.1, 0.15) is 44.4 Å². The van der Waals surface area contributed by atoms with Gasteiger partial charge in [-0.1, -0.05) is 37.2 Å². The first kappa shape index (κ1) is 23.2. The van der Waals surface area contributed by atoms with Gasteiger partial charge in [-0.05, 0) is 56.0 Å². The molecule has 1 atom stereocenters. The van der Waals surface area contributed by atoms with Crippen molar-refractivity contribution in [3.05, 3.63) is 59.2 Å². The van der Waals surface area contributed by atoms with Crippen LogP contribution in [0, 0.1) is 17.2 Å². The van der Waals surface area contributed by atoms with Crippen LogP contribution in [-0.4, -0.2) is 28.3 Å². The predicted octanol–water partition coefficient (Wildman–Crippen LogP) is 4.49. The highest BCUT2D eigenvalue weighted by atomic mass is 16.5. The number of esters is 1. The lowest BCUT2D eigenvalue weighted by molar-refractivity contribution is -0.139. The van der Waals surface area contributed by atoms with Gasteiger partial charge in [-0.25, -0.2) is 4.79 Å². The number of nitriles is 1. The maximum atomic E-state index is 12.3. The van der Waals surface area contributed by atoms with Crippen molar-refractivity contribution in [3.8, 4) is 34.7 Å². The van der Waals surface area contributed by atoms with E-state index < -0.39 is 12.0 Å². The Morgan fingerprint density at radius 3 is 2.65 bits per heavy atom. The number of fused-ring (bicyclic) bond motifs is 1. The van der Waals surface area contributed by atoms with E-state index in [9.17, 15) is 10.1 Å². The van der Waals surface area contributed by atoms with Crippen LogP contribution in [-0.2, 0) is 16.0 Å². The summed E-state index contributed by atoms with van der Waals surface area (Å²) < 4.78 is 16.8. The van der Waals surface area contributed by atoms with Crippen molar-refractivity contribution >= 4 is 11.7 Å². The molecule has 0 saturated heterocycles. The minimum absolute atomic E-state index is 0.0226. The normalized spacial score (nSPS) is 13.4. The molecule has 0 amide bonds. The molecule has 1 aliphatic rings. The highest BCUT2D eigenvalue weighted by Crippen LogP contribution is 2.36. The van der Waals surface area contributed by atoms with E-state index in [1.165, 1.54) is 0 Å². The minimum Gasteiger partial charge on any atom is -0.490 e. The fraction of sp³-hybridized carbons (Fsp3) is 0.308. The Morgan fingerprint density at radius 1 is 1.18 bits per heavy atom. The van der Waals surface area contributed by atoms with E-state index in [4.69, 9.17) is 19.7 Å². The Labute approximate surface area is 198 Å². The molecule has 3 aromatic rings. The summed E-state index contributed by atoms with van der Waals surface area (Å²) in [6.45, 7) is 7.55. The topological polar surface area (TPSA) is 124 Å². The molecule has 174 valence electrons. The average Bonchev–Trinajstić information content (AvgIpc) is 3.46. The summed E-state index contributed by atoms with van der Waals surface area (Å²) in [7, 11) is 0. The quantitative estimate of drug-likeness (QED) is 0.514. The summed E-state index contributed by atoms with van der Waals surface area (Å²) in [5, 5.41) is 13.7. The van der Waals surface area contributed by atoms with Gasteiger partial charge >= 0.3 is 5.97 Å². The fourth-order valence-electron chi connectivity index (χ4n) is 3.65. The molecule has 0 saturated carbocycles. The first-order valence-electron chi connectivity index (χ1n) is 11.1.